The van der Waals surface area contributed by atoms with Crippen molar-refractivity contribution in [2.24, 2.45) is 0 Å². The van der Waals surface area contributed by atoms with E-state index in [1.807, 2.05) is 0 Å². The predicted octanol–water partition coefficient (Wildman–Crippen LogP) is 4.61. The summed E-state index contributed by atoms with van der Waals surface area (Å²) in [5.41, 5.74) is -0.332. The number of carbonyl (C=O) groups excluding carboxylic acids is 4. The second kappa shape index (κ2) is 17.3. The molecule has 10 nitrogen and oxygen atoms in total. The number of nitrogens with zero attached hydrogens (tertiary/aromatic N) is 1. The Kier molecular flexibility index (Phi) is 15.0. The van der Waals surface area contributed by atoms with Crippen molar-refractivity contribution < 1.29 is 33.8 Å². The minimum Gasteiger partial charge on any atom is -0.508 e. The predicted molar refractivity (Wildman–Crippen MR) is 149 cm³/mol. The SMILES string of the molecule is CCCCCCCCN(C(=O)C(C)NC(=O)OC(C)(C)C)C(C(=O)NCCC(=O)OCC)c1cccc(O)c1. The van der Waals surface area contributed by atoms with Gasteiger partial charge in [0.05, 0.1) is 13.0 Å². The van der Waals surface area contributed by atoms with Crippen LogP contribution in [0.4, 0.5) is 4.79 Å². The smallest absolute Gasteiger partial charge is 0.408 e. The molecule has 0 aromatic heterocycles. The third-order valence-electron chi connectivity index (χ3n) is 5.82. The van der Waals surface area contributed by atoms with E-state index < -0.39 is 41.6 Å². The number of nitrogens with one attached hydrogen (secondary N) is 2. The standard InChI is InChI=1S/C29H47N3O7/c1-7-9-10-11-12-13-19-32(27(36)21(3)31-28(37)39-29(4,5)6)25(22-15-14-16-23(33)20-22)26(35)30-18-17-24(34)38-8-2/h14-16,20-21,25,33H,7-13,17-19H2,1-6H3,(H,30,35)(H,31,37). The van der Waals surface area contributed by atoms with E-state index in [0.29, 0.717) is 12.0 Å². The maximum Gasteiger partial charge on any atom is 0.408 e. The van der Waals surface area contributed by atoms with Crippen LogP contribution in [-0.4, -0.2) is 65.2 Å². The number of esters is 1. The molecule has 0 saturated heterocycles. The van der Waals surface area contributed by atoms with Crippen molar-refractivity contribution in [2.45, 2.75) is 104 Å². The van der Waals surface area contributed by atoms with E-state index in [9.17, 15) is 24.3 Å². The van der Waals surface area contributed by atoms with Crippen LogP contribution in [0.15, 0.2) is 24.3 Å². The van der Waals surface area contributed by atoms with Crippen LogP contribution in [0.5, 0.6) is 5.75 Å². The second-order valence-electron chi connectivity index (χ2n) is 10.5. The first-order valence-electron chi connectivity index (χ1n) is 13.9. The molecule has 0 fully saturated rings. The van der Waals surface area contributed by atoms with E-state index in [1.54, 1.807) is 46.8 Å². The highest BCUT2D eigenvalue weighted by Crippen LogP contribution is 2.26. The highest BCUT2D eigenvalue weighted by atomic mass is 16.6. The molecule has 0 heterocycles. The highest BCUT2D eigenvalue weighted by molar-refractivity contribution is 5.92. The first-order chi connectivity index (χ1) is 18.4. The summed E-state index contributed by atoms with van der Waals surface area (Å²) < 4.78 is 10.2. The average Bonchev–Trinajstić information content (AvgIpc) is 2.83. The van der Waals surface area contributed by atoms with Crippen molar-refractivity contribution in [3.63, 3.8) is 0 Å². The first-order valence-corrected chi connectivity index (χ1v) is 13.9. The molecule has 2 unspecified atom stereocenters. The Morgan fingerprint density at radius 3 is 2.31 bits per heavy atom. The van der Waals surface area contributed by atoms with Crippen LogP contribution in [0.2, 0.25) is 0 Å². The van der Waals surface area contributed by atoms with Gasteiger partial charge in [-0.3, -0.25) is 14.4 Å². The molecular formula is C29H47N3O7. The summed E-state index contributed by atoms with van der Waals surface area (Å²) >= 11 is 0. The zero-order valence-corrected chi connectivity index (χ0v) is 24.4. The zero-order valence-electron chi connectivity index (χ0n) is 24.4. The topological polar surface area (TPSA) is 134 Å². The Hall–Kier alpha value is -3.30. The van der Waals surface area contributed by atoms with Gasteiger partial charge in [-0.05, 0) is 58.7 Å². The Labute approximate surface area is 232 Å². The van der Waals surface area contributed by atoms with E-state index >= 15 is 0 Å². The Morgan fingerprint density at radius 2 is 1.69 bits per heavy atom. The number of carbonyl (C=O) groups is 4. The molecule has 0 bridgehead atoms. The number of phenols is 1. The number of ether oxygens (including phenoxy) is 2. The largest absolute Gasteiger partial charge is 0.508 e. The van der Waals surface area contributed by atoms with Crippen LogP contribution >= 0.6 is 0 Å². The van der Waals surface area contributed by atoms with Gasteiger partial charge in [0.15, 0.2) is 0 Å². The van der Waals surface area contributed by atoms with Gasteiger partial charge in [0.1, 0.15) is 23.4 Å². The van der Waals surface area contributed by atoms with Crippen LogP contribution in [0, 0.1) is 0 Å². The van der Waals surface area contributed by atoms with Gasteiger partial charge in [0.25, 0.3) is 0 Å². The molecule has 220 valence electrons. The van der Waals surface area contributed by atoms with Crippen molar-refractivity contribution in [1.29, 1.82) is 0 Å². The van der Waals surface area contributed by atoms with Gasteiger partial charge < -0.3 is 30.1 Å². The lowest BCUT2D eigenvalue weighted by Crippen LogP contribution is -2.52. The molecule has 0 saturated carbocycles. The van der Waals surface area contributed by atoms with Crippen LogP contribution in [0.3, 0.4) is 0 Å². The van der Waals surface area contributed by atoms with Crippen molar-refractivity contribution >= 4 is 23.9 Å². The minimum absolute atomic E-state index is 0.0195. The Bertz CT molecular complexity index is 930. The summed E-state index contributed by atoms with van der Waals surface area (Å²) in [5.74, 6) is -1.47. The molecular weight excluding hydrogens is 502 g/mol. The molecule has 1 rings (SSSR count). The highest BCUT2D eigenvalue weighted by Gasteiger charge is 2.34. The number of alkyl carbamates (subject to hydrolysis) is 1. The lowest BCUT2D eigenvalue weighted by molar-refractivity contribution is -0.144. The Balaban J connectivity index is 3.22. The molecule has 0 aliphatic carbocycles. The lowest BCUT2D eigenvalue weighted by atomic mass is 10.0. The van der Waals surface area contributed by atoms with E-state index in [1.165, 1.54) is 17.0 Å². The summed E-state index contributed by atoms with van der Waals surface area (Å²) in [6, 6.07) is 4.09. The van der Waals surface area contributed by atoms with Crippen molar-refractivity contribution in [1.82, 2.24) is 15.5 Å². The molecule has 10 heteroatoms. The number of unbranched alkanes of at least 4 members (excludes halogenated alkanes) is 5. The van der Waals surface area contributed by atoms with E-state index in [-0.39, 0.29) is 31.9 Å². The lowest BCUT2D eigenvalue weighted by Gasteiger charge is -2.33. The van der Waals surface area contributed by atoms with Crippen LogP contribution < -0.4 is 10.6 Å². The molecule has 1 aromatic carbocycles. The average molecular weight is 550 g/mol. The van der Waals surface area contributed by atoms with Gasteiger partial charge >= 0.3 is 12.1 Å². The zero-order chi connectivity index (χ0) is 29.4. The fraction of sp³-hybridized carbons (Fsp3) is 0.655. The molecule has 0 radical (unpaired) electrons. The minimum atomic E-state index is -1.09. The van der Waals surface area contributed by atoms with E-state index in [4.69, 9.17) is 9.47 Å². The summed E-state index contributed by atoms with van der Waals surface area (Å²) in [5, 5.41) is 15.4. The van der Waals surface area contributed by atoms with Gasteiger partial charge in [0.2, 0.25) is 11.8 Å². The maximum atomic E-state index is 13.7. The van der Waals surface area contributed by atoms with E-state index in [2.05, 4.69) is 17.6 Å². The maximum absolute atomic E-state index is 13.7. The Morgan fingerprint density at radius 1 is 1.03 bits per heavy atom. The van der Waals surface area contributed by atoms with Gasteiger partial charge in [-0.15, -0.1) is 0 Å². The monoisotopic (exact) mass is 549 g/mol. The van der Waals surface area contributed by atoms with Crippen molar-refractivity contribution in [3.8, 4) is 5.75 Å². The number of amides is 3. The molecule has 1 aromatic rings. The molecule has 39 heavy (non-hydrogen) atoms. The number of rotatable bonds is 16. The summed E-state index contributed by atoms with van der Waals surface area (Å²) in [6.07, 6.45) is 5.10. The quantitative estimate of drug-likeness (QED) is 0.203. The fourth-order valence-corrected chi connectivity index (χ4v) is 4.01. The number of aromatic hydroxyl groups is 1. The number of benzene rings is 1. The van der Waals surface area contributed by atoms with Crippen LogP contribution in [-0.2, 0) is 23.9 Å². The fourth-order valence-electron chi connectivity index (χ4n) is 4.01. The van der Waals surface area contributed by atoms with E-state index in [0.717, 1.165) is 32.1 Å². The molecule has 0 aliphatic heterocycles. The number of hydrogen-bond acceptors (Lipinski definition) is 7. The number of hydrogen-bond donors (Lipinski definition) is 3. The second-order valence-corrected chi connectivity index (χ2v) is 10.5. The van der Waals surface area contributed by atoms with Crippen LogP contribution in [0.1, 0.15) is 98.1 Å². The van der Waals surface area contributed by atoms with Gasteiger partial charge in [0, 0.05) is 13.1 Å². The van der Waals surface area contributed by atoms with Crippen molar-refractivity contribution in [3.05, 3.63) is 29.8 Å². The summed E-state index contributed by atoms with van der Waals surface area (Å²) in [4.78, 5) is 52.8. The van der Waals surface area contributed by atoms with Gasteiger partial charge in [-0.2, -0.15) is 0 Å². The first kappa shape index (κ1) is 33.7. The molecule has 0 aliphatic rings. The summed E-state index contributed by atoms with van der Waals surface area (Å²) in [6.45, 7) is 11.1. The van der Waals surface area contributed by atoms with Gasteiger partial charge in [-0.1, -0.05) is 51.2 Å². The third-order valence-corrected chi connectivity index (χ3v) is 5.82. The normalized spacial score (nSPS) is 12.7. The number of phenolic OH excluding ortho intramolecular Hbond substituents is 1. The van der Waals surface area contributed by atoms with Gasteiger partial charge in [-0.25, -0.2) is 4.79 Å². The van der Waals surface area contributed by atoms with Crippen LogP contribution in [0.25, 0.3) is 0 Å². The van der Waals surface area contributed by atoms with Crippen molar-refractivity contribution in [2.75, 3.05) is 19.7 Å². The molecule has 0 spiro atoms. The summed E-state index contributed by atoms with van der Waals surface area (Å²) in [7, 11) is 0. The third kappa shape index (κ3) is 13.4. The molecule has 3 amide bonds. The molecule has 2 atom stereocenters. The molecule has 3 N–H and O–H groups in total.